The van der Waals surface area contributed by atoms with Crippen LogP contribution in [0.4, 0.5) is 13.2 Å². The molecule has 0 aliphatic heterocycles. The third-order valence-electron chi connectivity index (χ3n) is 4.80. The number of aromatic nitrogens is 3. The molecule has 0 amide bonds. The van der Waals surface area contributed by atoms with Gasteiger partial charge >= 0.3 is 6.18 Å². The van der Waals surface area contributed by atoms with Crippen LogP contribution in [0.25, 0.3) is 34.5 Å². The van der Waals surface area contributed by atoms with Gasteiger partial charge < -0.3 is 4.42 Å². The fourth-order valence-electron chi connectivity index (χ4n) is 3.22. The van der Waals surface area contributed by atoms with Crippen molar-refractivity contribution in [2.45, 2.75) is 6.18 Å². The molecule has 0 fully saturated rings. The van der Waals surface area contributed by atoms with Crippen LogP contribution < -0.4 is 10.1 Å². The normalized spacial score (nSPS) is 12.9. The van der Waals surface area contributed by atoms with Crippen LogP contribution in [0.1, 0.15) is 22.7 Å². The Labute approximate surface area is 188 Å². The first-order valence-electron chi connectivity index (χ1n) is 9.79. The van der Waals surface area contributed by atoms with Crippen molar-refractivity contribution in [2.24, 2.45) is 0 Å². The summed E-state index contributed by atoms with van der Waals surface area (Å²) < 4.78 is 46.1. The van der Waals surface area contributed by atoms with E-state index in [1.807, 2.05) is 36.4 Å². The molecule has 9 heteroatoms. The lowest BCUT2D eigenvalue weighted by atomic mass is 10.1. The second kappa shape index (κ2) is 8.18. The van der Waals surface area contributed by atoms with Gasteiger partial charge in [0.05, 0.1) is 5.56 Å². The second-order valence-electron chi connectivity index (χ2n) is 7.10. The van der Waals surface area contributed by atoms with Crippen LogP contribution >= 0.6 is 11.3 Å². The summed E-state index contributed by atoms with van der Waals surface area (Å²) in [5, 5.41) is 4.23. The summed E-state index contributed by atoms with van der Waals surface area (Å²) >= 11 is 1.15. The summed E-state index contributed by atoms with van der Waals surface area (Å²) in [6.45, 7) is 0. The Balaban J connectivity index is 1.43. The van der Waals surface area contributed by atoms with E-state index in [9.17, 15) is 18.0 Å². The maximum absolute atomic E-state index is 13.0. The number of rotatable bonds is 4. The monoisotopic (exact) mass is 465 g/mol. The quantitative estimate of drug-likeness (QED) is 0.369. The number of benzene rings is 2. The summed E-state index contributed by atoms with van der Waals surface area (Å²) in [7, 11) is 0. The van der Waals surface area contributed by atoms with Gasteiger partial charge in [-0.2, -0.15) is 22.7 Å². The lowest BCUT2D eigenvalue weighted by Gasteiger charge is -2.07. The number of thiazole rings is 1. The molecule has 0 atom stereocenters. The van der Waals surface area contributed by atoms with Gasteiger partial charge in [0.25, 0.3) is 5.56 Å². The van der Waals surface area contributed by atoms with Crippen molar-refractivity contribution in [1.29, 1.82) is 0 Å². The van der Waals surface area contributed by atoms with Crippen molar-refractivity contribution in [1.82, 2.24) is 14.6 Å². The number of fused-ring (bicyclic) bond motifs is 1. The van der Waals surface area contributed by atoms with Crippen LogP contribution in [-0.2, 0) is 6.18 Å². The lowest BCUT2D eigenvalue weighted by molar-refractivity contribution is -0.137. The summed E-state index contributed by atoms with van der Waals surface area (Å²) in [6.07, 6.45) is 0.670. The van der Waals surface area contributed by atoms with Gasteiger partial charge in [-0.3, -0.25) is 4.79 Å². The third kappa shape index (κ3) is 4.35. The zero-order chi connectivity index (χ0) is 23.0. The van der Waals surface area contributed by atoms with Crippen LogP contribution in [0.15, 0.2) is 75.9 Å². The molecule has 0 radical (unpaired) electrons. The molecule has 33 heavy (non-hydrogen) atoms. The van der Waals surface area contributed by atoms with Crippen molar-refractivity contribution < 1.29 is 17.6 Å². The van der Waals surface area contributed by atoms with Crippen LogP contribution in [-0.4, -0.2) is 14.6 Å². The van der Waals surface area contributed by atoms with E-state index in [4.69, 9.17) is 4.42 Å². The van der Waals surface area contributed by atoms with Crippen molar-refractivity contribution >= 4 is 34.5 Å². The Hall–Kier alpha value is -3.98. The fraction of sp³-hybridized carbons (Fsp3) is 0.0417. The maximum atomic E-state index is 13.0. The first-order chi connectivity index (χ1) is 15.9. The molecular weight excluding hydrogens is 451 g/mol. The number of furan rings is 1. The van der Waals surface area contributed by atoms with Gasteiger partial charge in [0.15, 0.2) is 5.82 Å². The highest BCUT2D eigenvalue weighted by Crippen LogP contribution is 2.32. The van der Waals surface area contributed by atoms with E-state index in [1.54, 1.807) is 18.2 Å². The Morgan fingerprint density at radius 3 is 2.55 bits per heavy atom. The van der Waals surface area contributed by atoms with Gasteiger partial charge in [-0.15, -0.1) is 5.10 Å². The van der Waals surface area contributed by atoms with Crippen LogP contribution in [0.2, 0.25) is 0 Å². The molecule has 3 aromatic heterocycles. The largest absolute Gasteiger partial charge is 0.457 e. The Morgan fingerprint density at radius 2 is 1.79 bits per heavy atom. The molecule has 0 saturated carbocycles. The van der Waals surface area contributed by atoms with E-state index < -0.39 is 11.7 Å². The Kier molecular flexibility index (Phi) is 5.18. The zero-order valence-electron chi connectivity index (χ0n) is 16.8. The van der Waals surface area contributed by atoms with Crippen LogP contribution in [0.3, 0.4) is 0 Å². The molecule has 5 aromatic rings. The second-order valence-corrected chi connectivity index (χ2v) is 8.11. The summed E-state index contributed by atoms with van der Waals surface area (Å²) in [4.78, 5) is 17.5. The van der Waals surface area contributed by atoms with Gasteiger partial charge in [0, 0.05) is 11.6 Å². The number of nitrogens with zero attached hydrogens (tertiary/aromatic N) is 3. The first kappa shape index (κ1) is 20.9. The predicted octanol–water partition coefficient (Wildman–Crippen LogP) is 5.15. The molecule has 5 nitrogen and oxygen atoms in total. The smallest absolute Gasteiger partial charge is 0.416 e. The molecule has 0 aliphatic carbocycles. The highest BCUT2D eigenvalue weighted by Gasteiger charge is 2.30. The standard InChI is InChI=1S/C24H14F3N3O2S/c25-24(26,27)17-8-4-7-16(13-17)19-11-10-18(32-19)14-20-22(31)30-23(33-20)28-21(29-30)12-9-15-5-2-1-3-6-15/h1-14H. The lowest BCUT2D eigenvalue weighted by Crippen LogP contribution is -2.23. The molecule has 0 N–H and O–H groups in total. The van der Waals surface area contributed by atoms with Gasteiger partial charge in [0.1, 0.15) is 16.1 Å². The Bertz CT molecular complexity index is 1580. The zero-order valence-corrected chi connectivity index (χ0v) is 17.6. The van der Waals surface area contributed by atoms with Crippen molar-refractivity contribution in [3.05, 3.63) is 104 Å². The third-order valence-corrected chi connectivity index (χ3v) is 5.76. The molecule has 164 valence electrons. The van der Waals surface area contributed by atoms with Gasteiger partial charge in [-0.1, -0.05) is 59.9 Å². The highest BCUT2D eigenvalue weighted by molar-refractivity contribution is 7.15. The Morgan fingerprint density at radius 1 is 0.970 bits per heavy atom. The molecule has 0 bridgehead atoms. The number of hydrogen-bond acceptors (Lipinski definition) is 5. The van der Waals surface area contributed by atoms with Gasteiger partial charge in [0.2, 0.25) is 4.96 Å². The number of hydrogen-bond donors (Lipinski definition) is 0. The van der Waals surface area contributed by atoms with E-state index in [1.165, 1.54) is 22.7 Å². The number of halogens is 3. The molecule has 5 rings (SSSR count). The van der Waals surface area contributed by atoms with E-state index in [-0.39, 0.29) is 11.3 Å². The van der Waals surface area contributed by atoms with Gasteiger partial charge in [-0.25, -0.2) is 0 Å². The van der Waals surface area contributed by atoms with Crippen molar-refractivity contribution in [3.63, 3.8) is 0 Å². The predicted molar refractivity (Wildman–Crippen MR) is 120 cm³/mol. The van der Waals surface area contributed by atoms with Crippen molar-refractivity contribution in [2.75, 3.05) is 0 Å². The fourth-order valence-corrected chi connectivity index (χ4v) is 4.11. The summed E-state index contributed by atoms with van der Waals surface area (Å²) in [5.74, 6) is 1.03. The van der Waals surface area contributed by atoms with Crippen LogP contribution in [0, 0.1) is 0 Å². The summed E-state index contributed by atoms with van der Waals surface area (Å²) in [5.41, 5.74) is 0.177. The molecular formula is C24H14F3N3O2S. The highest BCUT2D eigenvalue weighted by atomic mass is 32.1. The van der Waals surface area contributed by atoms with E-state index >= 15 is 0 Å². The molecule has 3 heterocycles. The SMILES string of the molecule is O=c1c(=Cc2ccc(-c3cccc(C(F)(F)F)c3)o2)sc2nc(C=Cc3ccccc3)nn12. The molecule has 0 aliphatic rings. The van der Waals surface area contributed by atoms with Crippen LogP contribution in [0.5, 0.6) is 0 Å². The molecule has 0 unspecified atom stereocenters. The molecule has 0 saturated heterocycles. The average Bonchev–Trinajstić information content (AvgIpc) is 3.50. The van der Waals surface area contributed by atoms with Gasteiger partial charge in [-0.05, 0) is 35.9 Å². The van der Waals surface area contributed by atoms with E-state index in [0.717, 1.165) is 29.0 Å². The minimum Gasteiger partial charge on any atom is -0.457 e. The minimum atomic E-state index is -4.44. The maximum Gasteiger partial charge on any atom is 0.416 e. The molecule has 0 spiro atoms. The van der Waals surface area contributed by atoms with E-state index in [2.05, 4.69) is 10.1 Å². The molecule has 2 aromatic carbocycles. The minimum absolute atomic E-state index is 0.271. The number of alkyl halides is 3. The van der Waals surface area contributed by atoms with Crippen molar-refractivity contribution in [3.8, 4) is 11.3 Å². The summed E-state index contributed by atoms with van der Waals surface area (Å²) in [6, 6.07) is 17.7. The van der Waals surface area contributed by atoms with E-state index in [0.29, 0.717) is 26.6 Å². The first-order valence-corrected chi connectivity index (χ1v) is 10.6. The average molecular weight is 465 g/mol. The topological polar surface area (TPSA) is 60.4 Å².